The third kappa shape index (κ3) is 1.24. The number of ether oxygens (including phenoxy) is 1. The number of benzene rings is 1. The van der Waals surface area contributed by atoms with Crippen molar-refractivity contribution in [3.05, 3.63) is 28.8 Å². The van der Waals surface area contributed by atoms with Crippen LogP contribution in [0.1, 0.15) is 18.6 Å². The van der Waals surface area contributed by atoms with E-state index in [0.29, 0.717) is 5.02 Å². The van der Waals surface area contributed by atoms with Gasteiger partial charge in [0.15, 0.2) is 0 Å². The highest BCUT2D eigenvalue weighted by Gasteiger charge is 2.29. The second kappa shape index (κ2) is 3.17. The summed E-state index contributed by atoms with van der Waals surface area (Å²) >= 11 is 6.03. The largest absolute Gasteiger partial charge is 0.441 e. The zero-order chi connectivity index (χ0) is 10.3. The van der Waals surface area contributed by atoms with Gasteiger partial charge in [-0.15, -0.1) is 0 Å². The molecule has 1 aromatic carbocycles. The van der Waals surface area contributed by atoms with E-state index >= 15 is 0 Å². The van der Waals surface area contributed by atoms with Crippen molar-refractivity contribution < 1.29 is 9.53 Å². The molecule has 2 rings (SSSR count). The zero-order valence-electron chi connectivity index (χ0n) is 7.95. The van der Waals surface area contributed by atoms with Gasteiger partial charge >= 0.3 is 6.09 Å². The van der Waals surface area contributed by atoms with E-state index in [4.69, 9.17) is 16.3 Å². The van der Waals surface area contributed by atoms with Crippen LogP contribution in [-0.4, -0.2) is 13.1 Å². The van der Waals surface area contributed by atoms with E-state index < -0.39 is 0 Å². The number of cyclic esters (lactones) is 1. The van der Waals surface area contributed by atoms with Crippen molar-refractivity contribution >= 4 is 23.4 Å². The van der Waals surface area contributed by atoms with Crippen LogP contribution in [0.3, 0.4) is 0 Å². The summed E-state index contributed by atoms with van der Waals surface area (Å²) in [5.41, 5.74) is 1.69. The summed E-state index contributed by atoms with van der Waals surface area (Å²) in [6, 6.07) is 5.48. The molecule has 0 saturated heterocycles. The second-order valence-corrected chi connectivity index (χ2v) is 3.66. The summed E-state index contributed by atoms with van der Waals surface area (Å²) in [6.45, 7) is 1.82. The SMILES string of the molecule is CC1OC(=O)N(C)c2cccc(Cl)c21. The molecule has 1 heterocycles. The summed E-state index contributed by atoms with van der Waals surface area (Å²) in [5, 5.41) is 0.634. The fraction of sp³-hybridized carbons (Fsp3) is 0.300. The Labute approximate surface area is 87.2 Å². The molecule has 0 bridgehead atoms. The molecule has 0 spiro atoms. The Morgan fingerprint density at radius 1 is 1.50 bits per heavy atom. The highest BCUT2D eigenvalue weighted by molar-refractivity contribution is 6.32. The molecule has 0 aliphatic carbocycles. The molecule has 0 aromatic heterocycles. The Morgan fingerprint density at radius 3 is 2.93 bits per heavy atom. The molecule has 3 nitrogen and oxygen atoms in total. The van der Waals surface area contributed by atoms with Gasteiger partial charge in [0.1, 0.15) is 6.10 Å². The van der Waals surface area contributed by atoms with Crippen molar-refractivity contribution in [3.8, 4) is 0 Å². The fourth-order valence-electron chi connectivity index (χ4n) is 1.61. The number of amides is 1. The molecular weight excluding hydrogens is 202 g/mol. The van der Waals surface area contributed by atoms with Crippen LogP contribution in [0.15, 0.2) is 18.2 Å². The molecule has 4 heteroatoms. The quantitative estimate of drug-likeness (QED) is 0.660. The average Bonchev–Trinajstić information content (AvgIpc) is 2.14. The van der Waals surface area contributed by atoms with Crippen LogP contribution in [0, 0.1) is 0 Å². The van der Waals surface area contributed by atoms with Crippen molar-refractivity contribution in [2.75, 3.05) is 11.9 Å². The van der Waals surface area contributed by atoms with Gasteiger partial charge in [-0.05, 0) is 19.1 Å². The molecule has 0 N–H and O–H groups in total. The Hall–Kier alpha value is -1.22. The van der Waals surface area contributed by atoms with Gasteiger partial charge in [-0.25, -0.2) is 4.79 Å². The summed E-state index contributed by atoms with van der Waals surface area (Å²) in [4.78, 5) is 12.8. The maximum atomic E-state index is 11.3. The number of fused-ring (bicyclic) bond motifs is 1. The molecule has 0 saturated carbocycles. The standard InChI is InChI=1S/C10H10ClNO2/c1-6-9-7(11)4-3-5-8(9)12(2)10(13)14-6/h3-6H,1-2H3. The van der Waals surface area contributed by atoms with E-state index in [2.05, 4.69) is 0 Å². The van der Waals surface area contributed by atoms with E-state index in [1.165, 1.54) is 4.90 Å². The normalized spacial score (nSPS) is 20.4. The third-order valence-corrected chi connectivity index (χ3v) is 2.68. The van der Waals surface area contributed by atoms with Crippen LogP contribution < -0.4 is 4.90 Å². The lowest BCUT2D eigenvalue weighted by Gasteiger charge is -2.30. The molecule has 1 aliphatic rings. The minimum Gasteiger partial charge on any atom is -0.441 e. The Bertz CT molecular complexity index is 392. The molecule has 1 aromatic rings. The van der Waals surface area contributed by atoms with Crippen molar-refractivity contribution in [2.24, 2.45) is 0 Å². The number of hydrogen-bond acceptors (Lipinski definition) is 2. The van der Waals surface area contributed by atoms with E-state index in [1.807, 2.05) is 19.1 Å². The predicted octanol–water partition coefficient (Wildman–Crippen LogP) is 2.99. The number of hydrogen-bond donors (Lipinski definition) is 0. The fourth-order valence-corrected chi connectivity index (χ4v) is 1.93. The first-order valence-electron chi connectivity index (χ1n) is 4.34. The van der Waals surface area contributed by atoms with Gasteiger partial charge < -0.3 is 4.74 Å². The number of rotatable bonds is 0. The van der Waals surface area contributed by atoms with Gasteiger partial charge in [0, 0.05) is 17.6 Å². The highest BCUT2D eigenvalue weighted by Crippen LogP contribution is 2.37. The summed E-state index contributed by atoms with van der Waals surface area (Å²) in [6.07, 6.45) is -0.616. The first-order valence-corrected chi connectivity index (χ1v) is 4.72. The molecule has 1 amide bonds. The first kappa shape index (κ1) is 9.34. The van der Waals surface area contributed by atoms with Crippen molar-refractivity contribution in [1.29, 1.82) is 0 Å². The lowest BCUT2D eigenvalue weighted by Crippen LogP contribution is -2.33. The molecule has 14 heavy (non-hydrogen) atoms. The van der Waals surface area contributed by atoms with E-state index in [0.717, 1.165) is 11.3 Å². The highest BCUT2D eigenvalue weighted by atomic mass is 35.5. The van der Waals surface area contributed by atoms with Crippen LogP contribution in [0.4, 0.5) is 10.5 Å². The summed E-state index contributed by atoms with van der Waals surface area (Å²) in [5.74, 6) is 0. The van der Waals surface area contributed by atoms with E-state index in [9.17, 15) is 4.79 Å². The van der Waals surface area contributed by atoms with Crippen LogP contribution >= 0.6 is 11.6 Å². The Balaban J connectivity index is 2.61. The molecule has 0 radical (unpaired) electrons. The minimum absolute atomic E-state index is 0.276. The number of carbonyl (C=O) groups is 1. The van der Waals surface area contributed by atoms with Gasteiger partial charge in [0.2, 0.25) is 0 Å². The van der Waals surface area contributed by atoms with E-state index in [1.54, 1.807) is 13.1 Å². The lowest BCUT2D eigenvalue weighted by atomic mass is 10.1. The number of nitrogens with zero attached hydrogens (tertiary/aromatic N) is 1. The maximum Gasteiger partial charge on any atom is 0.414 e. The third-order valence-electron chi connectivity index (χ3n) is 2.35. The number of halogens is 1. The Kier molecular flexibility index (Phi) is 2.11. The molecule has 1 aliphatic heterocycles. The molecular formula is C10H10ClNO2. The number of anilines is 1. The van der Waals surface area contributed by atoms with Gasteiger partial charge in [0.25, 0.3) is 0 Å². The average molecular weight is 212 g/mol. The summed E-state index contributed by atoms with van der Waals surface area (Å²) < 4.78 is 5.11. The maximum absolute atomic E-state index is 11.3. The Morgan fingerprint density at radius 2 is 2.21 bits per heavy atom. The zero-order valence-corrected chi connectivity index (χ0v) is 8.71. The van der Waals surface area contributed by atoms with Crippen molar-refractivity contribution in [2.45, 2.75) is 13.0 Å². The molecule has 1 atom stereocenters. The smallest absolute Gasteiger partial charge is 0.414 e. The van der Waals surface area contributed by atoms with Crippen LogP contribution in [0.5, 0.6) is 0 Å². The van der Waals surface area contributed by atoms with Gasteiger partial charge in [0.05, 0.1) is 5.69 Å². The number of carbonyl (C=O) groups excluding carboxylic acids is 1. The molecule has 74 valence electrons. The molecule has 1 unspecified atom stereocenters. The second-order valence-electron chi connectivity index (χ2n) is 3.26. The minimum atomic E-state index is -0.340. The van der Waals surface area contributed by atoms with Gasteiger partial charge in [-0.3, -0.25) is 4.90 Å². The first-order chi connectivity index (χ1) is 6.61. The van der Waals surface area contributed by atoms with Gasteiger partial charge in [-0.2, -0.15) is 0 Å². The van der Waals surface area contributed by atoms with E-state index in [-0.39, 0.29) is 12.2 Å². The van der Waals surface area contributed by atoms with Crippen LogP contribution in [0.25, 0.3) is 0 Å². The monoisotopic (exact) mass is 211 g/mol. The van der Waals surface area contributed by atoms with Gasteiger partial charge in [-0.1, -0.05) is 17.7 Å². The topological polar surface area (TPSA) is 29.5 Å². The van der Waals surface area contributed by atoms with Crippen molar-refractivity contribution in [3.63, 3.8) is 0 Å². The van der Waals surface area contributed by atoms with Crippen LogP contribution in [0.2, 0.25) is 5.02 Å². The predicted molar refractivity (Wildman–Crippen MR) is 54.8 cm³/mol. The summed E-state index contributed by atoms with van der Waals surface area (Å²) in [7, 11) is 1.67. The van der Waals surface area contributed by atoms with Crippen LogP contribution in [-0.2, 0) is 4.74 Å². The molecule has 0 fully saturated rings. The van der Waals surface area contributed by atoms with Crippen molar-refractivity contribution in [1.82, 2.24) is 0 Å². The lowest BCUT2D eigenvalue weighted by molar-refractivity contribution is 0.109.